The summed E-state index contributed by atoms with van der Waals surface area (Å²) in [5.74, 6) is -0.0834. The van der Waals surface area contributed by atoms with Crippen LogP contribution < -0.4 is 5.32 Å². The van der Waals surface area contributed by atoms with E-state index in [0.717, 1.165) is 17.8 Å². The van der Waals surface area contributed by atoms with Gasteiger partial charge in [-0.1, -0.05) is 6.92 Å². The first-order chi connectivity index (χ1) is 7.06. The van der Waals surface area contributed by atoms with Crippen molar-refractivity contribution in [2.75, 3.05) is 0 Å². The number of carbonyl (C=O) groups excluding carboxylic acids is 1. The Morgan fingerprint density at radius 2 is 1.93 bits per heavy atom. The molecule has 1 atom stereocenters. The van der Waals surface area contributed by atoms with Crippen LogP contribution in [0.15, 0.2) is 6.33 Å². The van der Waals surface area contributed by atoms with Crippen LogP contribution in [-0.2, 0) is 0 Å². The van der Waals surface area contributed by atoms with Gasteiger partial charge in [0.05, 0.1) is 17.0 Å². The molecule has 1 aromatic heterocycles. The third-order valence-electron chi connectivity index (χ3n) is 2.44. The van der Waals surface area contributed by atoms with Gasteiger partial charge in [-0.3, -0.25) is 4.79 Å². The minimum absolute atomic E-state index is 0.0834. The Bertz CT molecular complexity index is 343. The summed E-state index contributed by atoms with van der Waals surface area (Å²) in [4.78, 5) is 19.9. The van der Waals surface area contributed by atoms with E-state index < -0.39 is 0 Å². The summed E-state index contributed by atoms with van der Waals surface area (Å²) in [6.45, 7) is 7.65. The number of nitrogens with one attached hydrogen (secondary N) is 1. The average molecular weight is 207 g/mol. The molecule has 0 radical (unpaired) electrons. The summed E-state index contributed by atoms with van der Waals surface area (Å²) < 4.78 is 0. The molecule has 1 heterocycles. The van der Waals surface area contributed by atoms with Crippen molar-refractivity contribution in [1.29, 1.82) is 0 Å². The van der Waals surface area contributed by atoms with E-state index in [9.17, 15) is 4.79 Å². The fourth-order valence-electron chi connectivity index (χ4n) is 1.32. The first kappa shape index (κ1) is 11.6. The molecule has 0 bridgehead atoms. The Hall–Kier alpha value is -1.45. The standard InChI is InChI=1S/C11H17N3O/c1-5-7(2)14-11(15)10-8(3)12-6-13-9(10)4/h6-7H,5H2,1-4H3,(H,14,15). The molecule has 82 valence electrons. The number of hydrogen-bond acceptors (Lipinski definition) is 3. The van der Waals surface area contributed by atoms with Crippen molar-refractivity contribution in [3.8, 4) is 0 Å². The van der Waals surface area contributed by atoms with Gasteiger partial charge in [-0.15, -0.1) is 0 Å². The number of hydrogen-bond donors (Lipinski definition) is 1. The SMILES string of the molecule is CCC(C)NC(=O)c1c(C)ncnc1C. The Morgan fingerprint density at radius 3 is 2.40 bits per heavy atom. The molecule has 0 aliphatic rings. The predicted molar refractivity (Wildman–Crippen MR) is 58.7 cm³/mol. The molecule has 1 aromatic rings. The molecular formula is C11H17N3O. The van der Waals surface area contributed by atoms with Crippen LogP contribution in [0.1, 0.15) is 42.0 Å². The van der Waals surface area contributed by atoms with E-state index in [1.807, 2.05) is 27.7 Å². The topological polar surface area (TPSA) is 54.9 Å². The van der Waals surface area contributed by atoms with Crippen molar-refractivity contribution in [3.05, 3.63) is 23.3 Å². The number of amides is 1. The van der Waals surface area contributed by atoms with Gasteiger partial charge < -0.3 is 5.32 Å². The van der Waals surface area contributed by atoms with E-state index in [2.05, 4.69) is 15.3 Å². The molecule has 0 aromatic carbocycles. The van der Waals surface area contributed by atoms with Crippen molar-refractivity contribution >= 4 is 5.91 Å². The molecule has 4 nitrogen and oxygen atoms in total. The molecule has 0 fully saturated rings. The third-order valence-corrected chi connectivity index (χ3v) is 2.44. The highest BCUT2D eigenvalue weighted by molar-refractivity contribution is 5.96. The molecule has 0 spiro atoms. The van der Waals surface area contributed by atoms with E-state index >= 15 is 0 Å². The van der Waals surface area contributed by atoms with E-state index in [0.29, 0.717) is 5.56 Å². The van der Waals surface area contributed by atoms with Crippen molar-refractivity contribution in [2.24, 2.45) is 0 Å². The Labute approximate surface area is 90.1 Å². The van der Waals surface area contributed by atoms with Crippen LogP contribution in [0, 0.1) is 13.8 Å². The van der Waals surface area contributed by atoms with E-state index in [-0.39, 0.29) is 11.9 Å². The zero-order chi connectivity index (χ0) is 11.4. The minimum Gasteiger partial charge on any atom is -0.349 e. The lowest BCUT2D eigenvalue weighted by Gasteiger charge is -2.13. The van der Waals surface area contributed by atoms with Gasteiger partial charge >= 0.3 is 0 Å². The third kappa shape index (κ3) is 2.75. The summed E-state index contributed by atoms with van der Waals surface area (Å²) in [5, 5.41) is 2.91. The van der Waals surface area contributed by atoms with Gasteiger partial charge in [-0.05, 0) is 27.2 Å². The van der Waals surface area contributed by atoms with Crippen LogP contribution in [0.5, 0.6) is 0 Å². The molecule has 1 rings (SSSR count). The molecule has 0 saturated heterocycles. The second kappa shape index (κ2) is 4.87. The fraction of sp³-hybridized carbons (Fsp3) is 0.545. The number of nitrogens with zero attached hydrogens (tertiary/aromatic N) is 2. The first-order valence-corrected chi connectivity index (χ1v) is 5.15. The van der Waals surface area contributed by atoms with Crippen molar-refractivity contribution in [3.63, 3.8) is 0 Å². The van der Waals surface area contributed by atoms with Crippen molar-refractivity contribution in [2.45, 2.75) is 40.2 Å². The molecule has 0 saturated carbocycles. The van der Waals surface area contributed by atoms with E-state index in [1.165, 1.54) is 6.33 Å². The normalized spacial score (nSPS) is 12.3. The van der Waals surface area contributed by atoms with Gasteiger partial charge in [-0.2, -0.15) is 0 Å². The number of aryl methyl sites for hydroxylation is 2. The second-order valence-electron chi connectivity index (χ2n) is 3.70. The Balaban J connectivity index is 2.91. The first-order valence-electron chi connectivity index (χ1n) is 5.15. The molecule has 4 heteroatoms. The Morgan fingerprint density at radius 1 is 1.40 bits per heavy atom. The lowest BCUT2D eigenvalue weighted by molar-refractivity contribution is 0.0937. The summed E-state index contributed by atoms with van der Waals surface area (Å²) in [7, 11) is 0. The monoisotopic (exact) mass is 207 g/mol. The number of aromatic nitrogens is 2. The van der Waals surface area contributed by atoms with Crippen LogP contribution in [0.4, 0.5) is 0 Å². The van der Waals surface area contributed by atoms with Crippen molar-refractivity contribution in [1.82, 2.24) is 15.3 Å². The maximum absolute atomic E-state index is 11.9. The van der Waals surface area contributed by atoms with Crippen LogP contribution >= 0.6 is 0 Å². The lowest BCUT2D eigenvalue weighted by atomic mass is 10.1. The minimum atomic E-state index is -0.0834. The summed E-state index contributed by atoms with van der Waals surface area (Å²) in [6, 6.07) is 0.177. The van der Waals surface area contributed by atoms with Gasteiger partial charge in [-0.25, -0.2) is 9.97 Å². The fourth-order valence-corrected chi connectivity index (χ4v) is 1.32. The smallest absolute Gasteiger partial charge is 0.255 e. The van der Waals surface area contributed by atoms with E-state index in [1.54, 1.807) is 0 Å². The zero-order valence-corrected chi connectivity index (χ0v) is 9.66. The lowest BCUT2D eigenvalue weighted by Crippen LogP contribution is -2.33. The molecular weight excluding hydrogens is 190 g/mol. The predicted octanol–water partition coefficient (Wildman–Crippen LogP) is 1.62. The van der Waals surface area contributed by atoms with Crippen LogP contribution in [-0.4, -0.2) is 21.9 Å². The molecule has 1 unspecified atom stereocenters. The largest absolute Gasteiger partial charge is 0.349 e. The van der Waals surface area contributed by atoms with Crippen LogP contribution in [0.2, 0.25) is 0 Å². The summed E-state index contributed by atoms with van der Waals surface area (Å²) >= 11 is 0. The highest BCUT2D eigenvalue weighted by Gasteiger charge is 2.14. The highest BCUT2D eigenvalue weighted by atomic mass is 16.1. The second-order valence-corrected chi connectivity index (χ2v) is 3.70. The number of rotatable bonds is 3. The number of carbonyl (C=O) groups is 1. The maximum atomic E-state index is 11.9. The highest BCUT2D eigenvalue weighted by Crippen LogP contribution is 2.08. The molecule has 1 amide bonds. The average Bonchev–Trinajstić information content (AvgIpc) is 2.17. The van der Waals surface area contributed by atoms with Crippen LogP contribution in [0.3, 0.4) is 0 Å². The van der Waals surface area contributed by atoms with Gasteiger partial charge in [0.1, 0.15) is 6.33 Å². The zero-order valence-electron chi connectivity index (χ0n) is 9.66. The molecule has 15 heavy (non-hydrogen) atoms. The van der Waals surface area contributed by atoms with Crippen molar-refractivity contribution < 1.29 is 4.79 Å². The molecule has 0 aliphatic carbocycles. The molecule has 1 N–H and O–H groups in total. The van der Waals surface area contributed by atoms with Gasteiger partial charge in [0.25, 0.3) is 5.91 Å². The van der Waals surface area contributed by atoms with Gasteiger partial charge in [0, 0.05) is 6.04 Å². The van der Waals surface area contributed by atoms with Gasteiger partial charge in [0.15, 0.2) is 0 Å². The Kier molecular flexibility index (Phi) is 3.77. The summed E-state index contributed by atoms with van der Waals surface area (Å²) in [5.41, 5.74) is 2.05. The van der Waals surface area contributed by atoms with Crippen LogP contribution in [0.25, 0.3) is 0 Å². The quantitative estimate of drug-likeness (QED) is 0.819. The maximum Gasteiger partial charge on any atom is 0.255 e. The molecule has 0 aliphatic heterocycles. The summed E-state index contributed by atoms with van der Waals surface area (Å²) in [6.07, 6.45) is 2.39. The van der Waals surface area contributed by atoms with Gasteiger partial charge in [0.2, 0.25) is 0 Å². The van der Waals surface area contributed by atoms with E-state index in [4.69, 9.17) is 0 Å².